The second kappa shape index (κ2) is 5.80. The van der Waals surface area contributed by atoms with Gasteiger partial charge >= 0.3 is 0 Å². The molecule has 0 saturated carbocycles. The van der Waals surface area contributed by atoms with Crippen molar-refractivity contribution in [1.29, 1.82) is 0 Å². The zero-order valence-corrected chi connectivity index (χ0v) is 11.1. The summed E-state index contributed by atoms with van der Waals surface area (Å²) in [6.45, 7) is 0.808. The molecule has 0 amide bonds. The highest BCUT2D eigenvalue weighted by atomic mass is 79.9. The molecule has 1 aliphatic heterocycles. The molecule has 3 heteroatoms. The van der Waals surface area contributed by atoms with E-state index in [1.807, 2.05) is 11.8 Å². The van der Waals surface area contributed by atoms with Crippen molar-refractivity contribution in [2.45, 2.75) is 24.2 Å². The minimum atomic E-state index is 0.808. The van der Waals surface area contributed by atoms with Crippen molar-refractivity contribution >= 4 is 27.7 Å². The zero-order chi connectivity index (χ0) is 10.5. The monoisotopic (exact) mass is 286 g/mol. The van der Waals surface area contributed by atoms with E-state index in [-0.39, 0.29) is 0 Å². The molecule has 0 N–H and O–H groups in total. The van der Waals surface area contributed by atoms with Crippen molar-refractivity contribution < 1.29 is 4.74 Å². The van der Waals surface area contributed by atoms with Crippen LogP contribution < -0.4 is 4.74 Å². The van der Waals surface area contributed by atoms with Crippen LogP contribution in [0.1, 0.15) is 18.4 Å². The molecule has 82 valence electrons. The molecule has 15 heavy (non-hydrogen) atoms. The quantitative estimate of drug-likeness (QED) is 0.614. The summed E-state index contributed by atoms with van der Waals surface area (Å²) in [5, 5.41) is 1.01. The summed E-state index contributed by atoms with van der Waals surface area (Å²) in [4.78, 5) is 1.37. The zero-order valence-electron chi connectivity index (χ0n) is 8.67. The topological polar surface area (TPSA) is 9.23 Å². The lowest BCUT2D eigenvalue weighted by Gasteiger charge is -2.18. The average Bonchev–Trinajstić information content (AvgIpc) is 2.30. The van der Waals surface area contributed by atoms with E-state index in [1.165, 1.54) is 29.1 Å². The summed E-state index contributed by atoms with van der Waals surface area (Å²) in [7, 11) is 0. The van der Waals surface area contributed by atoms with E-state index >= 15 is 0 Å². The molecule has 0 aromatic heterocycles. The summed E-state index contributed by atoms with van der Waals surface area (Å²) in [5.74, 6) is 2.31. The lowest BCUT2D eigenvalue weighted by atomic mass is 10.1. The van der Waals surface area contributed by atoms with Crippen LogP contribution in [-0.2, 0) is 6.42 Å². The van der Waals surface area contributed by atoms with Crippen LogP contribution in [0.15, 0.2) is 23.1 Å². The van der Waals surface area contributed by atoms with Gasteiger partial charge in [0, 0.05) is 5.33 Å². The van der Waals surface area contributed by atoms with Gasteiger partial charge in [-0.25, -0.2) is 0 Å². The summed E-state index contributed by atoms with van der Waals surface area (Å²) in [5.41, 5.74) is 1.46. The van der Waals surface area contributed by atoms with Gasteiger partial charge in [-0.05, 0) is 36.6 Å². The fourth-order valence-corrected chi connectivity index (χ4v) is 3.06. The molecule has 1 aromatic rings. The van der Waals surface area contributed by atoms with E-state index in [0.717, 1.165) is 24.1 Å². The first-order valence-electron chi connectivity index (χ1n) is 5.35. The number of fused-ring (bicyclic) bond motifs is 1. The number of benzene rings is 1. The molecule has 0 aliphatic carbocycles. The van der Waals surface area contributed by atoms with Gasteiger partial charge in [-0.3, -0.25) is 0 Å². The van der Waals surface area contributed by atoms with Gasteiger partial charge in [0.1, 0.15) is 5.75 Å². The number of alkyl halides is 1. The Balaban J connectivity index is 2.09. The normalized spacial score (nSPS) is 14.7. The molecular formula is C12H15BrOS. The van der Waals surface area contributed by atoms with Crippen LogP contribution in [-0.4, -0.2) is 17.7 Å². The molecule has 1 aliphatic rings. The Bertz CT molecular complexity index is 327. The molecule has 0 fully saturated rings. The Morgan fingerprint density at radius 2 is 2.33 bits per heavy atom. The molecule has 0 saturated heterocycles. The smallest absolute Gasteiger partial charge is 0.133 e. The first kappa shape index (κ1) is 11.3. The van der Waals surface area contributed by atoms with Gasteiger partial charge in [0.25, 0.3) is 0 Å². The minimum Gasteiger partial charge on any atom is -0.492 e. The van der Waals surface area contributed by atoms with Crippen molar-refractivity contribution in [3.63, 3.8) is 0 Å². The number of hydrogen-bond donors (Lipinski definition) is 0. The molecule has 0 bridgehead atoms. The average molecular weight is 287 g/mol. The number of aryl methyl sites for hydroxylation is 1. The second-order valence-corrected chi connectivity index (χ2v) is 5.49. The fraction of sp³-hybridized carbons (Fsp3) is 0.500. The highest BCUT2D eigenvalue weighted by Crippen LogP contribution is 2.37. The van der Waals surface area contributed by atoms with E-state index in [4.69, 9.17) is 4.74 Å². The third-order valence-electron chi connectivity index (χ3n) is 2.43. The Hall–Kier alpha value is -0.150. The Morgan fingerprint density at radius 1 is 1.40 bits per heavy atom. The summed E-state index contributed by atoms with van der Waals surface area (Å²) >= 11 is 5.35. The molecule has 1 aromatic carbocycles. The van der Waals surface area contributed by atoms with Gasteiger partial charge in [0.05, 0.1) is 11.5 Å². The van der Waals surface area contributed by atoms with Gasteiger partial charge in [-0.2, -0.15) is 0 Å². The summed E-state index contributed by atoms with van der Waals surface area (Å²) < 4.78 is 5.79. The lowest BCUT2D eigenvalue weighted by Crippen LogP contribution is -2.03. The fourth-order valence-electron chi connectivity index (χ4n) is 1.71. The van der Waals surface area contributed by atoms with Crippen molar-refractivity contribution in [3.8, 4) is 5.75 Å². The Morgan fingerprint density at radius 3 is 3.20 bits per heavy atom. The second-order valence-electron chi connectivity index (χ2n) is 3.59. The molecular weight excluding hydrogens is 272 g/mol. The van der Waals surface area contributed by atoms with Crippen molar-refractivity contribution in [3.05, 3.63) is 23.8 Å². The van der Waals surface area contributed by atoms with Gasteiger partial charge in [0.15, 0.2) is 0 Å². The highest BCUT2D eigenvalue weighted by Gasteiger charge is 2.13. The van der Waals surface area contributed by atoms with Gasteiger partial charge in [0.2, 0.25) is 0 Å². The van der Waals surface area contributed by atoms with Crippen LogP contribution in [0.3, 0.4) is 0 Å². The SMILES string of the molecule is BrCCCOc1cccc2c1SCCC2. The van der Waals surface area contributed by atoms with Crippen LogP contribution >= 0.6 is 27.7 Å². The number of halogens is 1. The summed E-state index contributed by atoms with van der Waals surface area (Å²) in [6, 6.07) is 6.42. The van der Waals surface area contributed by atoms with E-state index in [1.54, 1.807) is 0 Å². The number of hydrogen-bond acceptors (Lipinski definition) is 2. The van der Waals surface area contributed by atoms with Gasteiger partial charge in [-0.15, -0.1) is 11.8 Å². The standard InChI is InChI=1S/C12H15BrOS/c13-7-3-8-14-11-6-1-4-10-5-2-9-15-12(10)11/h1,4,6H,2-3,5,7-9H2. The lowest BCUT2D eigenvalue weighted by molar-refractivity contribution is 0.311. The van der Waals surface area contributed by atoms with E-state index in [2.05, 4.69) is 34.1 Å². The van der Waals surface area contributed by atoms with Crippen LogP contribution in [0.2, 0.25) is 0 Å². The molecule has 0 spiro atoms. The van der Waals surface area contributed by atoms with E-state index in [0.29, 0.717) is 0 Å². The number of thioether (sulfide) groups is 1. The predicted octanol–water partition coefficient (Wildman–Crippen LogP) is 3.89. The van der Waals surface area contributed by atoms with Gasteiger partial charge < -0.3 is 4.74 Å². The molecule has 2 rings (SSSR count). The van der Waals surface area contributed by atoms with Crippen molar-refractivity contribution in [2.24, 2.45) is 0 Å². The number of rotatable bonds is 4. The molecule has 0 radical (unpaired) electrons. The maximum Gasteiger partial charge on any atom is 0.133 e. The Kier molecular flexibility index (Phi) is 4.39. The minimum absolute atomic E-state index is 0.808. The van der Waals surface area contributed by atoms with E-state index in [9.17, 15) is 0 Å². The Labute approximate surface area is 104 Å². The summed E-state index contributed by atoms with van der Waals surface area (Å²) in [6.07, 6.45) is 3.56. The van der Waals surface area contributed by atoms with Crippen LogP contribution in [0.5, 0.6) is 5.75 Å². The van der Waals surface area contributed by atoms with E-state index < -0.39 is 0 Å². The first-order chi connectivity index (χ1) is 7.42. The predicted molar refractivity (Wildman–Crippen MR) is 69.4 cm³/mol. The van der Waals surface area contributed by atoms with Crippen LogP contribution in [0.25, 0.3) is 0 Å². The van der Waals surface area contributed by atoms with Crippen LogP contribution in [0.4, 0.5) is 0 Å². The van der Waals surface area contributed by atoms with Crippen LogP contribution in [0, 0.1) is 0 Å². The van der Waals surface area contributed by atoms with Gasteiger partial charge in [-0.1, -0.05) is 28.1 Å². The first-order valence-corrected chi connectivity index (χ1v) is 7.46. The number of ether oxygens (including phenoxy) is 1. The van der Waals surface area contributed by atoms with Crippen molar-refractivity contribution in [2.75, 3.05) is 17.7 Å². The largest absolute Gasteiger partial charge is 0.492 e. The van der Waals surface area contributed by atoms with Crippen molar-refractivity contribution in [1.82, 2.24) is 0 Å². The molecule has 0 unspecified atom stereocenters. The molecule has 1 nitrogen and oxygen atoms in total. The third kappa shape index (κ3) is 2.91. The third-order valence-corrected chi connectivity index (χ3v) is 4.24. The maximum absolute atomic E-state index is 5.79. The maximum atomic E-state index is 5.79. The highest BCUT2D eigenvalue weighted by molar-refractivity contribution is 9.09. The molecule has 1 heterocycles. The molecule has 0 atom stereocenters.